The first-order valence-electron chi connectivity index (χ1n) is 20.8. The minimum Gasteiger partial charge on any atom is -0.508 e. The van der Waals surface area contributed by atoms with Gasteiger partial charge in [-0.15, -0.1) is 0 Å². The molecule has 0 atom stereocenters. The Bertz CT molecular complexity index is 1900. The normalized spacial score (nSPS) is 11.1. The van der Waals surface area contributed by atoms with Gasteiger partial charge in [0.1, 0.15) is 30.5 Å². The molecule has 0 fully saturated rings. The number of aliphatic hydroxyl groups excluding tert-OH is 1. The van der Waals surface area contributed by atoms with Crippen LogP contribution in [0.5, 0.6) is 17.2 Å². The van der Waals surface area contributed by atoms with Gasteiger partial charge < -0.3 is 45.7 Å². The molecule has 4 aromatic rings. The van der Waals surface area contributed by atoms with E-state index in [0.717, 1.165) is 11.3 Å². The third-order valence-corrected chi connectivity index (χ3v) is 7.55. The number of nitrogens with one attached hydrogen (secondary N) is 4. The van der Waals surface area contributed by atoms with E-state index in [1.54, 1.807) is 67.8 Å². The third-order valence-electron chi connectivity index (χ3n) is 7.55. The van der Waals surface area contributed by atoms with Gasteiger partial charge in [-0.1, -0.05) is 17.7 Å². The lowest BCUT2D eigenvalue weighted by Gasteiger charge is -2.20. The van der Waals surface area contributed by atoms with Crippen molar-refractivity contribution in [2.75, 3.05) is 33.5 Å². The minimum absolute atomic E-state index is 0.0162. The number of benzene rings is 4. The summed E-state index contributed by atoms with van der Waals surface area (Å²) in [6.07, 6.45) is 0. The predicted molar refractivity (Wildman–Crippen MR) is 251 cm³/mol. The Hall–Kier alpha value is -5.92. The van der Waals surface area contributed by atoms with Crippen molar-refractivity contribution in [1.82, 2.24) is 21.3 Å². The first-order valence-corrected chi connectivity index (χ1v) is 20.8. The molecule has 0 saturated heterocycles. The zero-order valence-electron chi connectivity index (χ0n) is 39.8. The van der Waals surface area contributed by atoms with Gasteiger partial charge >= 0.3 is 0 Å². The Kier molecular flexibility index (Phi) is 22.6. The number of hydrogen-bond donors (Lipinski definition) is 6. The summed E-state index contributed by atoms with van der Waals surface area (Å²) in [7, 11) is 1.63. The summed E-state index contributed by atoms with van der Waals surface area (Å²) >= 11 is 0. The zero-order valence-corrected chi connectivity index (χ0v) is 39.8. The van der Waals surface area contributed by atoms with Crippen LogP contribution in [0.1, 0.15) is 130 Å². The minimum atomic E-state index is -0.247. The van der Waals surface area contributed by atoms with Crippen molar-refractivity contribution in [2.24, 2.45) is 0 Å². The third kappa shape index (κ3) is 26.2. The number of rotatable bonds is 11. The van der Waals surface area contributed by atoms with Gasteiger partial charge in [0.25, 0.3) is 23.6 Å². The summed E-state index contributed by atoms with van der Waals surface area (Å²) in [5.41, 5.74) is 2.76. The van der Waals surface area contributed by atoms with Crippen LogP contribution in [0.25, 0.3) is 0 Å². The molecule has 0 heterocycles. The number of methoxy groups -OCH3 is 1. The summed E-state index contributed by atoms with van der Waals surface area (Å²) in [6.45, 7) is 26.6. The maximum Gasteiger partial charge on any atom is 0.251 e. The van der Waals surface area contributed by atoms with E-state index in [9.17, 15) is 19.2 Å². The number of aromatic hydroxyl groups is 1. The van der Waals surface area contributed by atoms with Crippen LogP contribution in [0.2, 0.25) is 0 Å². The molecule has 63 heavy (non-hydrogen) atoms. The van der Waals surface area contributed by atoms with E-state index in [0.29, 0.717) is 41.2 Å². The lowest BCUT2D eigenvalue weighted by molar-refractivity contribution is 0.0910. The van der Waals surface area contributed by atoms with E-state index in [-0.39, 0.29) is 64.7 Å². The van der Waals surface area contributed by atoms with Gasteiger partial charge in [0, 0.05) is 51.5 Å². The molecule has 4 aromatic carbocycles. The second kappa shape index (κ2) is 25.9. The highest BCUT2D eigenvalue weighted by Gasteiger charge is 2.18. The fourth-order valence-corrected chi connectivity index (χ4v) is 4.78. The van der Waals surface area contributed by atoms with Crippen molar-refractivity contribution >= 4 is 23.6 Å². The van der Waals surface area contributed by atoms with E-state index in [2.05, 4.69) is 21.3 Å². The number of phenols is 1. The molecule has 13 nitrogen and oxygen atoms in total. The highest BCUT2D eigenvalue weighted by atomic mass is 16.5. The molecule has 0 unspecified atom stereocenters. The van der Waals surface area contributed by atoms with Gasteiger partial charge in [0.15, 0.2) is 0 Å². The molecular weight excluding hydrogens is 801 g/mol. The Morgan fingerprint density at radius 3 is 0.984 bits per heavy atom. The van der Waals surface area contributed by atoms with Crippen molar-refractivity contribution in [3.05, 3.63) is 125 Å². The maximum absolute atomic E-state index is 11.9. The van der Waals surface area contributed by atoms with Crippen LogP contribution < -0.4 is 30.7 Å². The molecule has 4 rings (SSSR count). The van der Waals surface area contributed by atoms with Crippen LogP contribution in [0, 0.1) is 6.92 Å². The van der Waals surface area contributed by atoms with Crippen molar-refractivity contribution < 1.29 is 43.6 Å². The molecule has 6 N–H and O–H groups in total. The first-order chi connectivity index (χ1) is 29.1. The van der Waals surface area contributed by atoms with Gasteiger partial charge in [-0.25, -0.2) is 0 Å². The highest BCUT2D eigenvalue weighted by molar-refractivity contribution is 5.96. The Labute approximate surface area is 375 Å². The number of hydrogen-bond acceptors (Lipinski definition) is 9. The summed E-state index contributed by atoms with van der Waals surface area (Å²) in [5, 5.41) is 29.2. The largest absolute Gasteiger partial charge is 0.508 e. The average Bonchev–Trinajstić information content (AvgIpc) is 3.16. The fourth-order valence-electron chi connectivity index (χ4n) is 4.78. The van der Waals surface area contributed by atoms with E-state index in [4.69, 9.17) is 24.4 Å². The topological polar surface area (TPSA) is 185 Å². The average molecular weight is 873 g/mol. The molecule has 0 radical (unpaired) electrons. The lowest BCUT2D eigenvalue weighted by Crippen LogP contribution is -2.40. The second-order valence-corrected chi connectivity index (χ2v) is 18.7. The quantitative estimate of drug-likeness (QED) is 0.0808. The number of aryl methyl sites for hydroxylation is 1. The molecule has 0 aromatic heterocycles. The van der Waals surface area contributed by atoms with Crippen molar-refractivity contribution in [1.29, 1.82) is 0 Å². The van der Waals surface area contributed by atoms with Crippen LogP contribution in [0.15, 0.2) is 97.1 Å². The second-order valence-electron chi connectivity index (χ2n) is 18.7. The first kappa shape index (κ1) is 55.1. The highest BCUT2D eigenvalue weighted by Crippen LogP contribution is 2.15. The van der Waals surface area contributed by atoms with Gasteiger partial charge in [-0.05, 0) is 175 Å². The molecular formula is C50H72N4O9. The van der Waals surface area contributed by atoms with E-state index in [1.165, 1.54) is 12.1 Å². The number of carbonyl (C=O) groups is 4. The number of ether oxygens (including phenoxy) is 3. The molecule has 0 saturated carbocycles. The SMILES string of the molecule is CC(C)(C)NC(=O)c1ccc(O)cc1.CC(C)(C)NC(=O)c1ccc(OCCO)cc1.COCCOc1ccc(C(=O)NC(C)(C)C)cc1.Cc1ccc(C(=O)NC(C)(C)C)cc1. The molecule has 0 aliphatic carbocycles. The molecule has 0 aliphatic rings. The predicted octanol–water partition coefficient (Wildman–Crippen LogP) is 8.27. The zero-order chi connectivity index (χ0) is 48.0. The lowest BCUT2D eigenvalue weighted by atomic mass is 10.1. The van der Waals surface area contributed by atoms with Gasteiger partial charge in [0.2, 0.25) is 0 Å². The Morgan fingerprint density at radius 1 is 0.444 bits per heavy atom. The summed E-state index contributed by atoms with van der Waals surface area (Å²) in [5.74, 6) is 1.22. The monoisotopic (exact) mass is 873 g/mol. The van der Waals surface area contributed by atoms with E-state index in [1.807, 2.05) is 114 Å². The van der Waals surface area contributed by atoms with Crippen molar-refractivity contribution in [3.8, 4) is 17.2 Å². The van der Waals surface area contributed by atoms with E-state index >= 15 is 0 Å². The summed E-state index contributed by atoms with van der Waals surface area (Å²) in [6, 6.07) is 27.7. The van der Waals surface area contributed by atoms with Crippen molar-refractivity contribution in [2.45, 2.75) is 112 Å². The molecule has 0 bridgehead atoms. The van der Waals surface area contributed by atoms with Crippen LogP contribution >= 0.6 is 0 Å². The number of aliphatic hydroxyl groups is 1. The number of carbonyl (C=O) groups excluding carboxylic acids is 4. The molecule has 0 spiro atoms. The fraction of sp³-hybridized carbons (Fsp3) is 0.440. The van der Waals surface area contributed by atoms with E-state index < -0.39 is 0 Å². The van der Waals surface area contributed by atoms with Crippen LogP contribution in [0.4, 0.5) is 0 Å². The molecule has 4 amide bonds. The molecule has 346 valence electrons. The molecule has 13 heteroatoms. The summed E-state index contributed by atoms with van der Waals surface area (Å²) < 4.78 is 15.5. The smallest absolute Gasteiger partial charge is 0.251 e. The van der Waals surface area contributed by atoms with Crippen LogP contribution in [-0.2, 0) is 4.74 Å². The van der Waals surface area contributed by atoms with Crippen LogP contribution in [0.3, 0.4) is 0 Å². The van der Waals surface area contributed by atoms with Gasteiger partial charge in [0.05, 0.1) is 13.2 Å². The van der Waals surface area contributed by atoms with Crippen LogP contribution in [-0.4, -0.2) is 89.5 Å². The van der Waals surface area contributed by atoms with Gasteiger partial charge in [-0.3, -0.25) is 19.2 Å². The Morgan fingerprint density at radius 2 is 0.714 bits per heavy atom. The number of amides is 4. The van der Waals surface area contributed by atoms with Gasteiger partial charge in [-0.2, -0.15) is 0 Å². The Balaban J connectivity index is 0.000000422. The standard InChI is InChI=1S/C14H21NO3.C13H19NO3.C12H17NO.C11H15NO2/c1-14(2,3)15-13(16)11-5-7-12(8-6-11)18-10-9-17-4;1-13(2,3)14-12(16)10-4-6-11(7-5-10)17-9-8-15;1-9-5-7-10(8-6-9)11(14)13-12(2,3)4;1-11(2,3)12-10(14)8-4-6-9(13)7-5-8/h5-8H,9-10H2,1-4H3,(H,15,16);4-7,15H,8-9H2,1-3H3,(H,14,16);5-8H,1-4H3,(H,13,14);4-7,13H,1-3H3,(H,12,14). The summed E-state index contributed by atoms with van der Waals surface area (Å²) in [4.78, 5) is 46.9. The number of phenolic OH excluding ortho intramolecular Hbond substituents is 1. The molecule has 0 aliphatic heterocycles. The van der Waals surface area contributed by atoms with Crippen molar-refractivity contribution in [3.63, 3.8) is 0 Å². The maximum atomic E-state index is 11.9.